The molecule has 2 aromatic carbocycles. The highest BCUT2D eigenvalue weighted by atomic mass is 32.2. The van der Waals surface area contributed by atoms with E-state index in [2.05, 4.69) is 5.32 Å². The number of anilines is 1. The van der Waals surface area contributed by atoms with Gasteiger partial charge in [0.15, 0.2) is 0 Å². The third kappa shape index (κ3) is 7.78. The molecule has 0 atom stereocenters. The van der Waals surface area contributed by atoms with Crippen LogP contribution in [0, 0.1) is 5.92 Å². The van der Waals surface area contributed by atoms with Gasteiger partial charge >= 0.3 is 22.3 Å². The van der Waals surface area contributed by atoms with Crippen LogP contribution in [-0.2, 0) is 22.8 Å². The van der Waals surface area contributed by atoms with Crippen molar-refractivity contribution < 1.29 is 30.6 Å². The van der Waals surface area contributed by atoms with Crippen molar-refractivity contribution in [1.82, 2.24) is 4.90 Å². The smallest absolute Gasteiger partial charge is 0.382 e. The minimum atomic E-state index is -4.51. The number of nitrogens with zero attached hydrogens (tertiary/aromatic N) is 1. The molecule has 0 unspecified atom stereocenters. The molecule has 6 nitrogen and oxygen atoms in total. The fourth-order valence-corrected chi connectivity index (χ4v) is 3.23. The van der Waals surface area contributed by atoms with Gasteiger partial charge in [0, 0.05) is 18.8 Å². The Morgan fingerprint density at radius 3 is 2.32 bits per heavy atom. The van der Waals surface area contributed by atoms with E-state index in [9.17, 15) is 26.4 Å². The molecule has 170 valence electrons. The van der Waals surface area contributed by atoms with E-state index in [1.807, 2.05) is 13.8 Å². The van der Waals surface area contributed by atoms with Crippen LogP contribution in [-0.4, -0.2) is 31.6 Å². The zero-order chi connectivity index (χ0) is 23.2. The molecule has 1 N–H and O–H groups in total. The van der Waals surface area contributed by atoms with Gasteiger partial charge in [-0.05, 0) is 48.7 Å². The summed E-state index contributed by atoms with van der Waals surface area (Å²) in [7, 11) is -3.64. The third-order valence-corrected chi connectivity index (χ3v) is 5.34. The summed E-state index contributed by atoms with van der Waals surface area (Å²) in [6.07, 6.45) is -4.51. The van der Waals surface area contributed by atoms with Gasteiger partial charge in [-0.1, -0.05) is 32.0 Å². The molecule has 2 amide bonds. The summed E-state index contributed by atoms with van der Waals surface area (Å²) >= 11 is 0. The van der Waals surface area contributed by atoms with E-state index in [0.29, 0.717) is 12.1 Å². The van der Waals surface area contributed by atoms with Crippen LogP contribution in [0.5, 0.6) is 5.75 Å². The van der Waals surface area contributed by atoms with Gasteiger partial charge < -0.3 is 14.4 Å². The van der Waals surface area contributed by atoms with Gasteiger partial charge in [0.1, 0.15) is 5.75 Å². The van der Waals surface area contributed by atoms with Crippen molar-refractivity contribution in [2.75, 3.05) is 17.6 Å². The van der Waals surface area contributed by atoms with Crippen molar-refractivity contribution in [2.24, 2.45) is 5.92 Å². The van der Waals surface area contributed by atoms with Crippen molar-refractivity contribution in [1.29, 1.82) is 0 Å². The molecule has 0 heterocycles. The number of nitrogens with one attached hydrogen (secondary N) is 1. The fraction of sp³-hybridized carbons (Fsp3) is 0.381. The average Bonchev–Trinajstić information content (AvgIpc) is 2.68. The number of carbonyl (C=O) groups is 1. The Kier molecular flexibility index (Phi) is 7.94. The Morgan fingerprint density at radius 1 is 1.13 bits per heavy atom. The van der Waals surface area contributed by atoms with Gasteiger partial charge in [0.25, 0.3) is 0 Å². The van der Waals surface area contributed by atoms with Gasteiger partial charge in [-0.15, -0.1) is 0 Å². The Hall–Kier alpha value is -2.75. The van der Waals surface area contributed by atoms with Crippen LogP contribution in [0.3, 0.4) is 0 Å². The van der Waals surface area contributed by atoms with E-state index in [4.69, 9.17) is 4.18 Å². The maximum Gasteiger partial charge on any atom is 0.416 e. The lowest BCUT2D eigenvalue weighted by molar-refractivity contribution is -0.137. The Bertz CT molecular complexity index is 990. The number of alkyl halides is 3. The summed E-state index contributed by atoms with van der Waals surface area (Å²) in [6.45, 7) is 5.85. The van der Waals surface area contributed by atoms with E-state index in [-0.39, 0.29) is 29.7 Å². The van der Waals surface area contributed by atoms with E-state index >= 15 is 0 Å². The highest BCUT2D eigenvalue weighted by molar-refractivity contribution is 7.87. The predicted molar refractivity (Wildman–Crippen MR) is 112 cm³/mol. The molecule has 0 aliphatic carbocycles. The standard InChI is InChI=1S/C21H25F3N2O4S/c1-4-31(28,29)30-19-10-8-16(9-11-19)14-26(13-15(2)3)20(27)25-18-7-5-6-17(12-18)21(22,23)24/h5-12,15H,4,13-14H2,1-3H3,(H,25,27). The molecule has 0 aromatic heterocycles. The lowest BCUT2D eigenvalue weighted by Gasteiger charge is -2.25. The second-order valence-electron chi connectivity index (χ2n) is 7.36. The van der Waals surface area contributed by atoms with Crippen molar-refractivity contribution in [3.05, 3.63) is 59.7 Å². The number of rotatable bonds is 8. The molecule has 0 saturated heterocycles. The minimum Gasteiger partial charge on any atom is -0.382 e. The topological polar surface area (TPSA) is 75.7 Å². The van der Waals surface area contributed by atoms with Crippen LogP contribution < -0.4 is 9.50 Å². The maximum absolute atomic E-state index is 12.9. The summed E-state index contributed by atoms with van der Waals surface area (Å²) in [5, 5.41) is 2.51. The van der Waals surface area contributed by atoms with E-state index in [1.165, 1.54) is 36.1 Å². The summed E-state index contributed by atoms with van der Waals surface area (Å²) < 4.78 is 66.8. The second kappa shape index (κ2) is 10.0. The molecule has 2 rings (SSSR count). The first-order valence-corrected chi connectivity index (χ1v) is 11.2. The number of hydrogen-bond donors (Lipinski definition) is 1. The van der Waals surface area contributed by atoms with Crippen LogP contribution in [0.4, 0.5) is 23.7 Å². The van der Waals surface area contributed by atoms with Gasteiger partial charge in [0.2, 0.25) is 0 Å². The molecular weight excluding hydrogens is 433 g/mol. The molecule has 0 bridgehead atoms. The first-order chi connectivity index (χ1) is 14.4. The monoisotopic (exact) mass is 458 g/mol. The summed E-state index contributed by atoms with van der Waals surface area (Å²) in [5.41, 5.74) is -0.0958. The number of benzene rings is 2. The Balaban J connectivity index is 2.14. The predicted octanol–water partition coefficient (Wildman–Crippen LogP) is 5.12. The van der Waals surface area contributed by atoms with Gasteiger partial charge in [0.05, 0.1) is 11.3 Å². The lowest BCUT2D eigenvalue weighted by atomic mass is 10.1. The van der Waals surface area contributed by atoms with E-state index < -0.39 is 27.9 Å². The molecule has 0 saturated carbocycles. The first kappa shape index (κ1) is 24.5. The number of urea groups is 1. The fourth-order valence-electron chi connectivity index (χ4n) is 2.71. The zero-order valence-electron chi connectivity index (χ0n) is 17.4. The third-order valence-electron chi connectivity index (χ3n) is 4.19. The number of hydrogen-bond acceptors (Lipinski definition) is 4. The quantitative estimate of drug-likeness (QED) is 0.557. The van der Waals surface area contributed by atoms with E-state index in [1.54, 1.807) is 12.1 Å². The SMILES string of the molecule is CCS(=O)(=O)Oc1ccc(CN(CC(C)C)C(=O)Nc2cccc(C(F)(F)F)c2)cc1. The molecule has 0 aliphatic rings. The summed E-state index contributed by atoms with van der Waals surface area (Å²) in [4.78, 5) is 14.2. The van der Waals surface area contributed by atoms with Gasteiger partial charge in [-0.2, -0.15) is 21.6 Å². The van der Waals surface area contributed by atoms with Crippen LogP contribution >= 0.6 is 0 Å². The molecule has 0 fully saturated rings. The molecule has 0 radical (unpaired) electrons. The number of carbonyl (C=O) groups excluding carboxylic acids is 1. The highest BCUT2D eigenvalue weighted by Gasteiger charge is 2.30. The van der Waals surface area contributed by atoms with Crippen molar-refractivity contribution in [3.63, 3.8) is 0 Å². The van der Waals surface area contributed by atoms with Gasteiger partial charge in [-0.25, -0.2) is 4.79 Å². The van der Waals surface area contributed by atoms with Crippen LogP contribution in [0.25, 0.3) is 0 Å². The summed E-state index contributed by atoms with van der Waals surface area (Å²) in [5.74, 6) is 0.117. The zero-order valence-corrected chi connectivity index (χ0v) is 18.3. The largest absolute Gasteiger partial charge is 0.416 e. The first-order valence-electron chi connectivity index (χ1n) is 9.64. The molecule has 31 heavy (non-hydrogen) atoms. The second-order valence-corrected chi connectivity index (χ2v) is 9.22. The Morgan fingerprint density at radius 2 is 1.77 bits per heavy atom. The molecule has 2 aromatic rings. The van der Waals surface area contributed by atoms with Gasteiger partial charge in [-0.3, -0.25) is 0 Å². The normalized spacial score (nSPS) is 12.0. The molecule has 10 heteroatoms. The van der Waals surface area contributed by atoms with Crippen LogP contribution in [0.1, 0.15) is 31.9 Å². The van der Waals surface area contributed by atoms with Crippen molar-refractivity contribution in [2.45, 2.75) is 33.5 Å². The van der Waals surface area contributed by atoms with Crippen molar-refractivity contribution in [3.8, 4) is 5.75 Å². The van der Waals surface area contributed by atoms with Crippen molar-refractivity contribution >= 4 is 21.8 Å². The van der Waals surface area contributed by atoms with E-state index in [0.717, 1.165) is 12.1 Å². The molecule has 0 spiro atoms. The lowest BCUT2D eigenvalue weighted by Crippen LogP contribution is -2.37. The maximum atomic E-state index is 12.9. The summed E-state index contributed by atoms with van der Waals surface area (Å²) in [6, 6.07) is 10.1. The molecular formula is C21H25F3N2O4S. The Labute approximate surface area is 180 Å². The molecule has 0 aliphatic heterocycles. The number of amides is 2. The highest BCUT2D eigenvalue weighted by Crippen LogP contribution is 2.30. The van der Waals surface area contributed by atoms with Crippen LogP contribution in [0.2, 0.25) is 0 Å². The number of halogens is 3. The van der Waals surface area contributed by atoms with Crippen LogP contribution in [0.15, 0.2) is 48.5 Å². The minimum absolute atomic E-state index is 0.0436. The average molecular weight is 459 g/mol.